The SMILES string of the molecule is CCOC(=O)CNC(=O)CN1CCN(CC(=O)O)CCN(CC(=O)O)CCN(CC(=O)O)CC1. The maximum absolute atomic E-state index is 12.3. The highest BCUT2D eigenvalue weighted by Gasteiger charge is 2.21. The highest BCUT2D eigenvalue weighted by atomic mass is 16.5. The molecule has 34 heavy (non-hydrogen) atoms. The fraction of sp³-hybridized carbons (Fsp3) is 0.750. The smallest absolute Gasteiger partial charge is 0.325 e. The second-order valence-corrected chi connectivity index (χ2v) is 7.87. The van der Waals surface area contributed by atoms with Gasteiger partial charge in [-0.05, 0) is 6.92 Å². The molecule has 0 aliphatic carbocycles. The van der Waals surface area contributed by atoms with Crippen LogP contribution in [0.25, 0.3) is 0 Å². The van der Waals surface area contributed by atoms with E-state index in [0.717, 1.165) is 0 Å². The van der Waals surface area contributed by atoms with E-state index in [1.165, 1.54) is 0 Å². The summed E-state index contributed by atoms with van der Waals surface area (Å²) in [5.41, 5.74) is 0. The summed E-state index contributed by atoms with van der Waals surface area (Å²) < 4.78 is 4.78. The van der Waals surface area contributed by atoms with Crippen molar-refractivity contribution in [2.75, 3.05) is 91.7 Å². The van der Waals surface area contributed by atoms with E-state index in [0.29, 0.717) is 52.4 Å². The Balaban J connectivity index is 2.89. The number of hydrogen-bond donors (Lipinski definition) is 4. The quantitative estimate of drug-likeness (QED) is 0.218. The number of aliphatic carboxylic acids is 3. The van der Waals surface area contributed by atoms with Crippen LogP contribution in [0.3, 0.4) is 0 Å². The molecule has 1 heterocycles. The summed E-state index contributed by atoms with van der Waals surface area (Å²) in [6.45, 7) is 3.21. The van der Waals surface area contributed by atoms with Crippen LogP contribution in [0.1, 0.15) is 6.92 Å². The molecule has 0 aromatic rings. The highest BCUT2D eigenvalue weighted by molar-refractivity contribution is 5.83. The Morgan fingerprint density at radius 2 is 0.971 bits per heavy atom. The van der Waals surface area contributed by atoms with Crippen LogP contribution in [0, 0.1) is 0 Å². The van der Waals surface area contributed by atoms with E-state index in [4.69, 9.17) is 4.74 Å². The lowest BCUT2D eigenvalue weighted by Crippen LogP contribution is -2.50. The predicted octanol–water partition coefficient (Wildman–Crippen LogP) is -2.86. The molecule has 0 bridgehead atoms. The first-order valence-corrected chi connectivity index (χ1v) is 11.1. The topological polar surface area (TPSA) is 180 Å². The Kier molecular flexibility index (Phi) is 13.7. The van der Waals surface area contributed by atoms with Crippen LogP contribution in [-0.2, 0) is 28.7 Å². The number of rotatable bonds is 11. The number of carboxylic acid groups (broad SMARTS) is 3. The van der Waals surface area contributed by atoms with Crippen molar-refractivity contribution in [3.8, 4) is 0 Å². The standard InChI is InChI=1S/C20H35N5O9/c1-2-34-20(33)11-21-16(26)12-22-3-5-23(13-17(27)28)7-9-25(15-19(31)32)10-8-24(6-4-22)14-18(29)30/h2-15H2,1H3,(H,21,26)(H,27,28)(H,29,30)(H,31,32). The van der Waals surface area contributed by atoms with Gasteiger partial charge < -0.3 is 25.4 Å². The maximum Gasteiger partial charge on any atom is 0.325 e. The van der Waals surface area contributed by atoms with Crippen LogP contribution in [0.4, 0.5) is 0 Å². The van der Waals surface area contributed by atoms with E-state index >= 15 is 0 Å². The van der Waals surface area contributed by atoms with Gasteiger partial charge in [-0.2, -0.15) is 0 Å². The summed E-state index contributed by atoms with van der Waals surface area (Å²) in [6, 6.07) is 0. The number of carboxylic acids is 3. The van der Waals surface area contributed by atoms with Crippen LogP contribution < -0.4 is 5.32 Å². The molecule has 14 heteroatoms. The summed E-state index contributed by atoms with van der Waals surface area (Å²) in [6.07, 6.45) is 0. The first-order valence-electron chi connectivity index (χ1n) is 11.1. The van der Waals surface area contributed by atoms with Crippen molar-refractivity contribution >= 4 is 29.8 Å². The molecule has 1 fully saturated rings. The fourth-order valence-electron chi connectivity index (χ4n) is 3.43. The van der Waals surface area contributed by atoms with Crippen LogP contribution in [0.2, 0.25) is 0 Å². The summed E-state index contributed by atoms with van der Waals surface area (Å²) in [7, 11) is 0. The highest BCUT2D eigenvalue weighted by Crippen LogP contribution is 2.01. The zero-order chi connectivity index (χ0) is 25.5. The monoisotopic (exact) mass is 489 g/mol. The molecule has 1 rings (SSSR count). The Morgan fingerprint density at radius 1 is 0.647 bits per heavy atom. The minimum Gasteiger partial charge on any atom is -0.480 e. The van der Waals surface area contributed by atoms with Crippen molar-refractivity contribution in [2.45, 2.75) is 6.92 Å². The third-order valence-corrected chi connectivity index (χ3v) is 5.11. The average molecular weight is 490 g/mol. The summed E-state index contributed by atoms with van der Waals surface area (Å²) in [5, 5.41) is 30.1. The molecule has 194 valence electrons. The lowest BCUT2D eigenvalue weighted by atomic mass is 10.3. The van der Waals surface area contributed by atoms with Crippen molar-refractivity contribution < 1.29 is 44.0 Å². The zero-order valence-electron chi connectivity index (χ0n) is 19.5. The summed E-state index contributed by atoms with van der Waals surface area (Å²) >= 11 is 0. The van der Waals surface area contributed by atoms with Gasteiger partial charge in [-0.15, -0.1) is 0 Å². The van der Waals surface area contributed by atoms with Gasteiger partial charge in [-0.3, -0.25) is 43.6 Å². The molecule has 0 saturated carbocycles. The summed E-state index contributed by atoms with van der Waals surface area (Å²) in [4.78, 5) is 64.3. The molecule has 1 aliphatic heterocycles. The molecule has 0 aromatic carbocycles. The molecule has 0 aromatic heterocycles. The lowest BCUT2D eigenvalue weighted by Gasteiger charge is -2.32. The van der Waals surface area contributed by atoms with Crippen molar-refractivity contribution in [1.82, 2.24) is 24.9 Å². The number of ether oxygens (including phenoxy) is 1. The van der Waals surface area contributed by atoms with Crippen LogP contribution in [-0.4, -0.2) is 156 Å². The second kappa shape index (κ2) is 15.9. The van der Waals surface area contributed by atoms with E-state index in [1.54, 1.807) is 26.5 Å². The number of nitrogens with zero attached hydrogens (tertiary/aromatic N) is 4. The molecular weight excluding hydrogens is 454 g/mol. The van der Waals surface area contributed by atoms with Gasteiger partial charge in [0.05, 0.1) is 32.8 Å². The van der Waals surface area contributed by atoms with Gasteiger partial charge in [0.2, 0.25) is 5.91 Å². The normalized spacial score (nSPS) is 17.8. The van der Waals surface area contributed by atoms with Crippen molar-refractivity contribution in [3.05, 3.63) is 0 Å². The number of hydrogen-bond acceptors (Lipinski definition) is 10. The molecule has 1 saturated heterocycles. The maximum atomic E-state index is 12.3. The van der Waals surface area contributed by atoms with Gasteiger partial charge in [-0.25, -0.2) is 0 Å². The van der Waals surface area contributed by atoms with Crippen molar-refractivity contribution in [2.24, 2.45) is 0 Å². The van der Waals surface area contributed by atoms with E-state index < -0.39 is 29.8 Å². The molecule has 1 amide bonds. The Morgan fingerprint density at radius 3 is 1.26 bits per heavy atom. The third kappa shape index (κ3) is 13.7. The number of esters is 1. The van der Waals surface area contributed by atoms with Gasteiger partial charge in [0.1, 0.15) is 6.54 Å². The number of amides is 1. The largest absolute Gasteiger partial charge is 0.480 e. The second-order valence-electron chi connectivity index (χ2n) is 7.87. The number of carbonyl (C=O) groups excluding carboxylic acids is 2. The van der Waals surface area contributed by atoms with Crippen LogP contribution in [0.15, 0.2) is 0 Å². The predicted molar refractivity (Wildman–Crippen MR) is 118 cm³/mol. The number of carbonyl (C=O) groups is 5. The van der Waals surface area contributed by atoms with Crippen LogP contribution in [0.5, 0.6) is 0 Å². The van der Waals surface area contributed by atoms with Gasteiger partial charge >= 0.3 is 23.9 Å². The van der Waals surface area contributed by atoms with Gasteiger partial charge in [-0.1, -0.05) is 0 Å². The molecule has 0 atom stereocenters. The van der Waals surface area contributed by atoms with E-state index in [2.05, 4.69) is 5.32 Å². The first-order chi connectivity index (χ1) is 16.1. The average Bonchev–Trinajstić information content (AvgIpc) is 2.73. The minimum absolute atomic E-state index is 0.0631. The minimum atomic E-state index is -1.03. The first kappa shape index (κ1) is 29.2. The Hall–Kier alpha value is -2.81. The summed E-state index contributed by atoms with van der Waals surface area (Å²) in [5.74, 6) is -4.05. The molecule has 0 spiro atoms. The molecule has 4 N–H and O–H groups in total. The third-order valence-electron chi connectivity index (χ3n) is 5.11. The molecule has 14 nitrogen and oxygen atoms in total. The van der Waals surface area contributed by atoms with Gasteiger partial charge in [0, 0.05) is 52.4 Å². The molecule has 0 unspecified atom stereocenters. The Labute approximate surface area is 198 Å². The lowest BCUT2D eigenvalue weighted by molar-refractivity contribution is -0.143. The van der Waals surface area contributed by atoms with E-state index in [-0.39, 0.29) is 39.3 Å². The molecule has 1 aliphatic rings. The molecular formula is C20H35N5O9. The number of nitrogens with one attached hydrogen (secondary N) is 1. The van der Waals surface area contributed by atoms with Crippen molar-refractivity contribution in [1.29, 1.82) is 0 Å². The fourth-order valence-corrected chi connectivity index (χ4v) is 3.43. The molecule has 0 radical (unpaired) electrons. The van der Waals surface area contributed by atoms with E-state index in [1.807, 2.05) is 0 Å². The van der Waals surface area contributed by atoms with Gasteiger partial charge in [0.25, 0.3) is 0 Å². The van der Waals surface area contributed by atoms with Crippen LogP contribution >= 0.6 is 0 Å². The van der Waals surface area contributed by atoms with Crippen molar-refractivity contribution in [3.63, 3.8) is 0 Å². The zero-order valence-corrected chi connectivity index (χ0v) is 19.5. The van der Waals surface area contributed by atoms with Gasteiger partial charge in [0.15, 0.2) is 0 Å². The Bertz CT molecular complexity index is 674. The van der Waals surface area contributed by atoms with E-state index in [9.17, 15) is 39.3 Å².